The largest absolute Gasteiger partial charge is 0.377 e. The van der Waals surface area contributed by atoms with Crippen molar-refractivity contribution < 1.29 is 18.3 Å². The van der Waals surface area contributed by atoms with Crippen LogP contribution in [-0.2, 0) is 4.74 Å². The topological polar surface area (TPSA) is 29.5 Å². The van der Waals surface area contributed by atoms with Gasteiger partial charge >= 0.3 is 0 Å². The van der Waals surface area contributed by atoms with Gasteiger partial charge in [-0.15, -0.1) is 11.6 Å². The number of amides is 1. The number of carbonyl (C=O) groups is 1. The Labute approximate surface area is 119 Å². The smallest absolute Gasteiger partial charge is 0.257 e. The van der Waals surface area contributed by atoms with Crippen LogP contribution < -0.4 is 0 Å². The first-order valence-corrected chi connectivity index (χ1v) is 6.55. The zero-order valence-electron chi connectivity index (χ0n) is 9.84. The Balaban J connectivity index is 2.30. The second-order valence-corrected chi connectivity index (χ2v) is 4.84. The fraction of sp³-hybridized carbons (Fsp3) is 0.417. The van der Waals surface area contributed by atoms with Gasteiger partial charge < -0.3 is 9.64 Å². The average Bonchev–Trinajstić information content (AvgIpc) is 2.42. The number of rotatable bonds is 2. The molecule has 1 aliphatic rings. The molecule has 1 unspecified atom stereocenters. The molecule has 3 nitrogen and oxygen atoms in total. The van der Waals surface area contributed by atoms with Gasteiger partial charge in [-0.3, -0.25) is 4.79 Å². The summed E-state index contributed by atoms with van der Waals surface area (Å²) in [6, 6.07) is 1.25. The van der Waals surface area contributed by atoms with E-state index in [1.165, 1.54) is 4.90 Å². The molecule has 1 aliphatic heterocycles. The van der Waals surface area contributed by atoms with Crippen LogP contribution in [0.2, 0.25) is 5.02 Å². The van der Waals surface area contributed by atoms with Crippen LogP contribution in [0.5, 0.6) is 0 Å². The lowest BCUT2D eigenvalue weighted by atomic mass is 10.1. The quantitative estimate of drug-likeness (QED) is 0.621. The zero-order valence-corrected chi connectivity index (χ0v) is 11.3. The van der Waals surface area contributed by atoms with Crippen LogP contribution in [0.4, 0.5) is 8.78 Å². The van der Waals surface area contributed by atoms with Crippen LogP contribution >= 0.6 is 23.2 Å². The van der Waals surface area contributed by atoms with E-state index in [-0.39, 0.29) is 29.1 Å². The molecular formula is C12H11Cl2F2NO2. The molecule has 1 aromatic rings. The van der Waals surface area contributed by atoms with Crippen LogP contribution in [0.15, 0.2) is 12.1 Å². The van der Waals surface area contributed by atoms with E-state index in [2.05, 4.69) is 0 Å². The molecular weight excluding hydrogens is 299 g/mol. The highest BCUT2D eigenvalue weighted by atomic mass is 35.5. The third-order valence-electron chi connectivity index (χ3n) is 2.91. The molecule has 7 heteroatoms. The summed E-state index contributed by atoms with van der Waals surface area (Å²) in [5.41, 5.74) is -0.348. The molecule has 0 aliphatic carbocycles. The fourth-order valence-corrected chi connectivity index (χ4v) is 2.30. The maximum absolute atomic E-state index is 13.7. The van der Waals surface area contributed by atoms with Crippen LogP contribution in [0.1, 0.15) is 10.4 Å². The summed E-state index contributed by atoms with van der Waals surface area (Å²) in [5.74, 6) is -2.12. The van der Waals surface area contributed by atoms with Gasteiger partial charge in [-0.25, -0.2) is 8.78 Å². The number of hydrogen-bond acceptors (Lipinski definition) is 2. The Morgan fingerprint density at radius 2 is 2.16 bits per heavy atom. The van der Waals surface area contributed by atoms with Gasteiger partial charge in [0, 0.05) is 12.4 Å². The lowest BCUT2D eigenvalue weighted by molar-refractivity contribution is 0.00429. The molecule has 1 fully saturated rings. The summed E-state index contributed by atoms with van der Waals surface area (Å²) >= 11 is 11.2. The van der Waals surface area contributed by atoms with Crippen LogP contribution in [-0.4, -0.2) is 42.5 Å². The second kappa shape index (κ2) is 6.03. The standard InChI is InChI=1S/C12H11Cl2F2NO2/c13-5-7-6-19-2-1-17(7)12(18)8-3-11(16)9(14)4-10(8)15/h3-4,7H,1-2,5-6H2. The van der Waals surface area contributed by atoms with Crippen molar-refractivity contribution in [3.05, 3.63) is 34.4 Å². The number of nitrogens with zero attached hydrogens (tertiary/aromatic N) is 1. The minimum absolute atomic E-state index is 0.170. The summed E-state index contributed by atoms with van der Waals surface area (Å²) in [6.45, 7) is 0.920. The molecule has 0 N–H and O–H groups in total. The third-order valence-corrected chi connectivity index (χ3v) is 3.55. The van der Waals surface area contributed by atoms with Crippen molar-refractivity contribution >= 4 is 29.1 Å². The van der Waals surface area contributed by atoms with Crippen molar-refractivity contribution in [2.75, 3.05) is 25.6 Å². The number of alkyl halides is 1. The van der Waals surface area contributed by atoms with Crippen LogP contribution in [0.25, 0.3) is 0 Å². The van der Waals surface area contributed by atoms with E-state index in [0.717, 1.165) is 12.1 Å². The number of carbonyl (C=O) groups excluding carboxylic acids is 1. The summed E-state index contributed by atoms with van der Waals surface area (Å²) in [7, 11) is 0. The van der Waals surface area contributed by atoms with E-state index in [1.807, 2.05) is 0 Å². The van der Waals surface area contributed by atoms with Crippen LogP contribution in [0.3, 0.4) is 0 Å². The van der Waals surface area contributed by atoms with E-state index in [9.17, 15) is 13.6 Å². The highest BCUT2D eigenvalue weighted by molar-refractivity contribution is 6.30. The van der Waals surface area contributed by atoms with Crippen molar-refractivity contribution in [2.24, 2.45) is 0 Å². The summed E-state index contributed by atoms with van der Waals surface area (Å²) in [6.07, 6.45) is 0. The van der Waals surface area contributed by atoms with Gasteiger partial charge in [0.1, 0.15) is 11.6 Å². The summed E-state index contributed by atoms with van der Waals surface area (Å²) in [4.78, 5) is 13.6. The van der Waals surface area contributed by atoms with E-state index >= 15 is 0 Å². The molecule has 1 atom stereocenters. The maximum atomic E-state index is 13.7. The van der Waals surface area contributed by atoms with Crippen molar-refractivity contribution in [1.29, 1.82) is 0 Å². The molecule has 2 rings (SSSR count). The molecule has 1 aromatic carbocycles. The maximum Gasteiger partial charge on any atom is 0.257 e. The number of ether oxygens (including phenoxy) is 1. The highest BCUT2D eigenvalue weighted by Crippen LogP contribution is 2.22. The van der Waals surface area contributed by atoms with Crippen molar-refractivity contribution in [1.82, 2.24) is 4.90 Å². The predicted molar refractivity (Wildman–Crippen MR) is 67.7 cm³/mol. The zero-order chi connectivity index (χ0) is 14.0. The number of hydrogen-bond donors (Lipinski definition) is 0. The highest BCUT2D eigenvalue weighted by Gasteiger charge is 2.29. The Hall–Kier alpha value is -0.910. The van der Waals surface area contributed by atoms with Crippen LogP contribution in [0, 0.1) is 11.6 Å². The van der Waals surface area contributed by atoms with Gasteiger partial charge in [-0.1, -0.05) is 11.6 Å². The minimum Gasteiger partial charge on any atom is -0.377 e. The average molecular weight is 310 g/mol. The van der Waals surface area contributed by atoms with Gasteiger partial charge in [0.05, 0.1) is 29.8 Å². The van der Waals surface area contributed by atoms with Crippen molar-refractivity contribution in [3.63, 3.8) is 0 Å². The predicted octanol–water partition coefficient (Wildman–Crippen LogP) is 2.70. The number of benzene rings is 1. The third kappa shape index (κ3) is 2.99. The van der Waals surface area contributed by atoms with Crippen molar-refractivity contribution in [2.45, 2.75) is 6.04 Å². The molecule has 0 saturated carbocycles. The van der Waals surface area contributed by atoms with Gasteiger partial charge in [0.25, 0.3) is 5.91 Å². The molecule has 104 valence electrons. The van der Waals surface area contributed by atoms with E-state index in [1.54, 1.807) is 0 Å². The van der Waals surface area contributed by atoms with Gasteiger partial charge in [0.15, 0.2) is 0 Å². The lowest BCUT2D eigenvalue weighted by Crippen LogP contribution is -2.49. The molecule has 0 aromatic heterocycles. The first kappa shape index (κ1) is 14.5. The summed E-state index contributed by atoms with van der Waals surface area (Å²) < 4.78 is 32.2. The Kier molecular flexibility index (Phi) is 4.60. The Morgan fingerprint density at radius 1 is 1.42 bits per heavy atom. The van der Waals surface area contributed by atoms with Gasteiger partial charge in [0.2, 0.25) is 0 Å². The molecule has 0 bridgehead atoms. The van der Waals surface area contributed by atoms with E-state index < -0.39 is 17.5 Å². The number of morpholine rings is 1. The molecule has 1 amide bonds. The molecule has 1 heterocycles. The lowest BCUT2D eigenvalue weighted by Gasteiger charge is -2.34. The SMILES string of the molecule is O=C(c1cc(F)c(Cl)cc1F)N1CCOCC1CCl. The fourth-order valence-electron chi connectivity index (χ4n) is 1.89. The second-order valence-electron chi connectivity index (χ2n) is 4.13. The Bertz CT molecular complexity index is 499. The molecule has 19 heavy (non-hydrogen) atoms. The monoisotopic (exact) mass is 309 g/mol. The van der Waals surface area contributed by atoms with E-state index in [0.29, 0.717) is 13.2 Å². The van der Waals surface area contributed by atoms with Crippen molar-refractivity contribution in [3.8, 4) is 0 Å². The Morgan fingerprint density at radius 3 is 2.84 bits per heavy atom. The molecule has 0 spiro atoms. The normalized spacial score (nSPS) is 19.6. The molecule has 1 saturated heterocycles. The van der Waals surface area contributed by atoms with Gasteiger partial charge in [-0.05, 0) is 12.1 Å². The van der Waals surface area contributed by atoms with Gasteiger partial charge in [-0.2, -0.15) is 0 Å². The summed E-state index contributed by atoms with van der Waals surface area (Å²) in [5, 5.41) is -0.357. The molecule has 0 radical (unpaired) electrons. The first-order chi connectivity index (χ1) is 9.04. The number of halogens is 4. The minimum atomic E-state index is -0.851. The first-order valence-electron chi connectivity index (χ1n) is 5.63. The van der Waals surface area contributed by atoms with E-state index in [4.69, 9.17) is 27.9 Å².